The van der Waals surface area contributed by atoms with Crippen LogP contribution in [0.1, 0.15) is 61.3 Å². The predicted molar refractivity (Wildman–Crippen MR) is 78.7 cm³/mol. The smallest absolute Gasteiger partial charge is 0.411 e. The number of hydrogen-bond donors (Lipinski definition) is 1. The van der Waals surface area contributed by atoms with Gasteiger partial charge in [0.15, 0.2) is 0 Å². The van der Waals surface area contributed by atoms with Crippen LogP contribution in [0.25, 0.3) is 0 Å². The van der Waals surface area contributed by atoms with Gasteiger partial charge in [0, 0.05) is 6.54 Å². The third kappa shape index (κ3) is 5.39. The molecule has 0 heterocycles. The van der Waals surface area contributed by atoms with Crippen molar-refractivity contribution in [2.45, 2.75) is 72.4 Å². The number of carbonyl (C=O) groups excluding carboxylic acids is 1. The monoisotopic (exact) mass is 287 g/mol. The lowest BCUT2D eigenvalue weighted by atomic mass is 9.89. The van der Waals surface area contributed by atoms with Crippen molar-refractivity contribution in [1.29, 1.82) is 0 Å². The van der Waals surface area contributed by atoms with Crippen LogP contribution in [-0.4, -0.2) is 39.8 Å². The van der Waals surface area contributed by atoms with Crippen LogP contribution < -0.4 is 0 Å². The van der Waals surface area contributed by atoms with E-state index in [1.807, 2.05) is 20.8 Å². The number of ether oxygens (including phenoxy) is 1. The highest BCUT2D eigenvalue weighted by molar-refractivity contribution is 5.84. The van der Waals surface area contributed by atoms with Crippen molar-refractivity contribution in [3.8, 4) is 0 Å². The summed E-state index contributed by atoms with van der Waals surface area (Å²) < 4.78 is 5.35. The van der Waals surface area contributed by atoms with Gasteiger partial charge in [0.05, 0.1) is 0 Å². The van der Waals surface area contributed by atoms with Crippen LogP contribution in [0.5, 0.6) is 0 Å². The lowest BCUT2D eigenvalue weighted by Crippen LogP contribution is -2.57. The first-order valence-corrected chi connectivity index (χ1v) is 7.18. The zero-order valence-corrected chi connectivity index (χ0v) is 13.8. The summed E-state index contributed by atoms with van der Waals surface area (Å²) in [6.07, 6.45) is 0.506. The number of carbonyl (C=O) groups is 2. The van der Waals surface area contributed by atoms with Crippen molar-refractivity contribution in [3.05, 3.63) is 0 Å². The molecule has 0 aliphatic carbocycles. The fourth-order valence-electron chi connectivity index (χ4n) is 2.19. The highest BCUT2D eigenvalue weighted by Crippen LogP contribution is 2.27. The number of nitrogens with zero attached hydrogens (tertiary/aromatic N) is 1. The van der Waals surface area contributed by atoms with Crippen LogP contribution in [-0.2, 0) is 9.53 Å². The quantitative estimate of drug-likeness (QED) is 0.811. The summed E-state index contributed by atoms with van der Waals surface area (Å²) in [5, 5.41) is 9.58. The summed E-state index contributed by atoms with van der Waals surface area (Å²) >= 11 is 0. The van der Waals surface area contributed by atoms with Gasteiger partial charge in [0.25, 0.3) is 0 Å². The molecule has 0 radical (unpaired) electrons. The van der Waals surface area contributed by atoms with E-state index in [0.29, 0.717) is 19.4 Å². The summed E-state index contributed by atoms with van der Waals surface area (Å²) in [6, 6.07) is 0. The van der Waals surface area contributed by atoms with Crippen LogP contribution in [0.4, 0.5) is 4.79 Å². The number of rotatable bonds is 6. The average Bonchev–Trinajstić information content (AvgIpc) is 2.21. The summed E-state index contributed by atoms with van der Waals surface area (Å²) in [4.78, 5) is 25.4. The highest BCUT2D eigenvalue weighted by Gasteiger charge is 2.44. The molecule has 0 rings (SSSR count). The number of aliphatic carboxylic acids is 1. The lowest BCUT2D eigenvalue weighted by Gasteiger charge is -2.39. The number of carboxylic acids is 1. The highest BCUT2D eigenvalue weighted by atomic mass is 16.6. The van der Waals surface area contributed by atoms with Gasteiger partial charge in [-0.3, -0.25) is 4.90 Å². The fourth-order valence-corrected chi connectivity index (χ4v) is 2.19. The van der Waals surface area contributed by atoms with Crippen LogP contribution in [0.2, 0.25) is 0 Å². The minimum absolute atomic E-state index is 0.165. The molecule has 0 aliphatic rings. The predicted octanol–water partition coefficient (Wildman–Crippen LogP) is 3.52. The van der Waals surface area contributed by atoms with Gasteiger partial charge in [0.1, 0.15) is 11.1 Å². The Kier molecular flexibility index (Phi) is 6.51. The van der Waals surface area contributed by atoms with Crippen LogP contribution in [0, 0.1) is 5.92 Å². The second-order valence-electron chi connectivity index (χ2n) is 6.81. The Bertz CT molecular complexity index is 346. The minimum Gasteiger partial charge on any atom is -0.480 e. The van der Waals surface area contributed by atoms with E-state index < -0.39 is 23.2 Å². The molecule has 5 heteroatoms. The molecule has 1 amide bonds. The second-order valence-corrected chi connectivity index (χ2v) is 6.81. The molecule has 1 atom stereocenters. The van der Waals surface area contributed by atoms with Crippen molar-refractivity contribution in [3.63, 3.8) is 0 Å². The molecular weight excluding hydrogens is 258 g/mol. The molecule has 0 spiro atoms. The molecule has 0 aromatic rings. The summed E-state index contributed by atoms with van der Waals surface area (Å²) in [5.74, 6) is -0.830. The molecule has 1 unspecified atom stereocenters. The number of carboxylic acid groups (broad SMARTS) is 1. The Morgan fingerprint density at radius 2 is 1.70 bits per heavy atom. The zero-order chi connectivity index (χ0) is 16.1. The van der Waals surface area contributed by atoms with E-state index in [1.54, 1.807) is 27.7 Å². The van der Waals surface area contributed by atoms with E-state index >= 15 is 0 Å². The molecule has 0 aliphatic heterocycles. The van der Waals surface area contributed by atoms with Crippen molar-refractivity contribution < 1.29 is 19.4 Å². The van der Waals surface area contributed by atoms with Gasteiger partial charge in [-0.25, -0.2) is 9.59 Å². The maximum atomic E-state index is 12.3. The minimum atomic E-state index is -1.24. The van der Waals surface area contributed by atoms with Crippen molar-refractivity contribution in [2.24, 2.45) is 5.92 Å². The molecule has 0 saturated carbocycles. The summed E-state index contributed by atoms with van der Waals surface area (Å²) in [7, 11) is 0. The Balaban J connectivity index is 5.38. The van der Waals surface area contributed by atoms with Gasteiger partial charge in [-0.1, -0.05) is 20.8 Å². The van der Waals surface area contributed by atoms with Gasteiger partial charge in [0.2, 0.25) is 0 Å². The summed E-state index contributed by atoms with van der Waals surface area (Å²) in [6.45, 7) is 13.1. The maximum absolute atomic E-state index is 12.3. The van der Waals surface area contributed by atoms with Crippen molar-refractivity contribution in [1.82, 2.24) is 4.90 Å². The van der Waals surface area contributed by atoms with Gasteiger partial charge in [-0.05, 0) is 46.5 Å². The van der Waals surface area contributed by atoms with E-state index in [2.05, 4.69) is 0 Å². The van der Waals surface area contributed by atoms with Gasteiger partial charge in [-0.2, -0.15) is 0 Å². The summed E-state index contributed by atoms with van der Waals surface area (Å²) in [5.41, 5.74) is -1.88. The van der Waals surface area contributed by atoms with Crippen LogP contribution >= 0.6 is 0 Å². The van der Waals surface area contributed by atoms with Crippen LogP contribution in [0.15, 0.2) is 0 Å². The number of amides is 1. The fraction of sp³-hybridized carbons (Fsp3) is 0.867. The van der Waals surface area contributed by atoms with Gasteiger partial charge >= 0.3 is 12.1 Å². The first-order chi connectivity index (χ1) is 8.94. The Morgan fingerprint density at radius 3 is 2.00 bits per heavy atom. The van der Waals surface area contributed by atoms with Gasteiger partial charge < -0.3 is 9.84 Å². The maximum Gasteiger partial charge on any atom is 0.411 e. The van der Waals surface area contributed by atoms with Crippen molar-refractivity contribution in [2.75, 3.05) is 6.54 Å². The number of hydrogen-bond acceptors (Lipinski definition) is 3. The van der Waals surface area contributed by atoms with E-state index in [4.69, 9.17) is 4.74 Å². The Labute approximate surface area is 122 Å². The molecule has 0 aromatic carbocycles. The largest absolute Gasteiger partial charge is 0.480 e. The Morgan fingerprint density at radius 1 is 1.20 bits per heavy atom. The standard InChI is InChI=1S/C15H29NO4/c1-8-9-16(13(19)20-14(4,5)6)15(7,12(17)18)10-11(2)3/h11H,8-10H2,1-7H3,(H,17,18). The third-order valence-corrected chi connectivity index (χ3v) is 2.92. The molecule has 0 saturated heterocycles. The Hall–Kier alpha value is -1.26. The zero-order valence-electron chi connectivity index (χ0n) is 13.8. The molecule has 0 bridgehead atoms. The second kappa shape index (κ2) is 6.95. The molecule has 0 aromatic heterocycles. The normalized spacial score (nSPS) is 14.8. The van der Waals surface area contributed by atoms with Crippen LogP contribution in [0.3, 0.4) is 0 Å². The average molecular weight is 287 g/mol. The van der Waals surface area contributed by atoms with E-state index in [1.165, 1.54) is 4.90 Å². The van der Waals surface area contributed by atoms with Gasteiger partial charge in [-0.15, -0.1) is 0 Å². The van der Waals surface area contributed by atoms with E-state index in [-0.39, 0.29) is 5.92 Å². The SMILES string of the molecule is CCCN(C(=O)OC(C)(C)C)C(C)(CC(C)C)C(=O)O. The topological polar surface area (TPSA) is 66.8 Å². The van der Waals surface area contributed by atoms with Crippen molar-refractivity contribution >= 4 is 12.1 Å². The first kappa shape index (κ1) is 18.7. The molecule has 20 heavy (non-hydrogen) atoms. The molecule has 0 fully saturated rings. The molecule has 1 N–H and O–H groups in total. The molecular formula is C15H29NO4. The van der Waals surface area contributed by atoms with E-state index in [0.717, 1.165) is 0 Å². The molecule has 118 valence electrons. The first-order valence-electron chi connectivity index (χ1n) is 7.18. The lowest BCUT2D eigenvalue weighted by molar-refractivity contribution is -0.151. The van der Waals surface area contributed by atoms with E-state index in [9.17, 15) is 14.7 Å². The third-order valence-electron chi connectivity index (χ3n) is 2.92. The molecule has 5 nitrogen and oxygen atoms in total.